The van der Waals surface area contributed by atoms with Crippen molar-refractivity contribution < 1.29 is 0 Å². The summed E-state index contributed by atoms with van der Waals surface area (Å²) in [5.74, 6) is 2.89. The summed E-state index contributed by atoms with van der Waals surface area (Å²) in [5, 5.41) is 3.54. The second kappa shape index (κ2) is 4.82. The van der Waals surface area contributed by atoms with Crippen molar-refractivity contribution in [3.8, 4) is 12.3 Å². The van der Waals surface area contributed by atoms with Gasteiger partial charge in [0.1, 0.15) is 0 Å². The molecule has 0 amide bonds. The van der Waals surface area contributed by atoms with Gasteiger partial charge in [0.2, 0.25) is 0 Å². The Morgan fingerprint density at radius 2 is 2.29 bits per heavy atom. The molecule has 0 aromatic carbocycles. The van der Waals surface area contributed by atoms with Gasteiger partial charge in [0.25, 0.3) is 0 Å². The van der Waals surface area contributed by atoms with Crippen LogP contribution in [0.4, 0.5) is 0 Å². The fourth-order valence-electron chi connectivity index (χ4n) is 2.10. The molecule has 0 aliphatic carbocycles. The maximum atomic E-state index is 5.54. The van der Waals surface area contributed by atoms with Crippen molar-refractivity contribution in [3.05, 3.63) is 0 Å². The van der Waals surface area contributed by atoms with Gasteiger partial charge in [0.15, 0.2) is 0 Å². The van der Waals surface area contributed by atoms with Gasteiger partial charge >= 0.3 is 0 Å². The second-order valence-corrected chi connectivity index (χ2v) is 4.73. The first-order valence-electron chi connectivity index (χ1n) is 5.54. The Morgan fingerprint density at radius 3 is 2.86 bits per heavy atom. The Bertz CT molecular complexity index is 215. The molecule has 0 radical (unpaired) electrons. The minimum atomic E-state index is 0.195. The Kier molecular flexibility index (Phi) is 3.97. The SMILES string of the molecule is C#CC(CC)N1CCCNC(C)(C)C1. The largest absolute Gasteiger partial charge is 0.310 e. The second-order valence-electron chi connectivity index (χ2n) is 4.73. The average molecular weight is 194 g/mol. The lowest BCUT2D eigenvalue weighted by molar-refractivity contribution is 0.197. The van der Waals surface area contributed by atoms with Gasteiger partial charge in [-0.05, 0) is 33.2 Å². The van der Waals surface area contributed by atoms with E-state index in [1.54, 1.807) is 0 Å². The zero-order chi connectivity index (χ0) is 10.6. The van der Waals surface area contributed by atoms with Crippen LogP contribution in [0.2, 0.25) is 0 Å². The molecule has 0 spiro atoms. The first kappa shape index (κ1) is 11.6. The molecule has 1 rings (SSSR count). The summed E-state index contributed by atoms with van der Waals surface area (Å²) in [6.07, 6.45) is 7.79. The molecule has 0 saturated carbocycles. The molecule has 0 aromatic heterocycles. The van der Waals surface area contributed by atoms with Crippen molar-refractivity contribution in [1.29, 1.82) is 0 Å². The van der Waals surface area contributed by atoms with Crippen LogP contribution in [0.15, 0.2) is 0 Å². The van der Waals surface area contributed by atoms with Gasteiger partial charge in [-0.3, -0.25) is 4.90 Å². The molecule has 0 aromatic rings. The molecule has 1 unspecified atom stereocenters. The highest BCUT2D eigenvalue weighted by atomic mass is 15.2. The standard InChI is InChI=1S/C12H22N2/c1-5-11(6-2)14-9-7-8-13-12(3,4)10-14/h1,11,13H,6-10H2,2-4H3. The van der Waals surface area contributed by atoms with Crippen LogP contribution in [0.5, 0.6) is 0 Å². The molecule has 14 heavy (non-hydrogen) atoms. The molecule has 1 heterocycles. The number of terminal acetylenes is 1. The number of rotatable bonds is 2. The van der Waals surface area contributed by atoms with E-state index in [-0.39, 0.29) is 5.54 Å². The van der Waals surface area contributed by atoms with Crippen molar-refractivity contribution in [2.24, 2.45) is 0 Å². The number of nitrogens with one attached hydrogen (secondary N) is 1. The van der Waals surface area contributed by atoms with Gasteiger partial charge in [-0.15, -0.1) is 6.42 Å². The lowest BCUT2D eigenvalue weighted by Gasteiger charge is -2.32. The van der Waals surface area contributed by atoms with Crippen LogP contribution in [0, 0.1) is 12.3 Å². The van der Waals surface area contributed by atoms with E-state index in [0.717, 1.165) is 26.1 Å². The molecule has 2 heteroatoms. The summed E-state index contributed by atoms with van der Waals surface area (Å²) >= 11 is 0. The Morgan fingerprint density at radius 1 is 1.57 bits per heavy atom. The first-order valence-corrected chi connectivity index (χ1v) is 5.54. The predicted molar refractivity (Wildman–Crippen MR) is 61.2 cm³/mol. The highest BCUT2D eigenvalue weighted by Crippen LogP contribution is 2.14. The van der Waals surface area contributed by atoms with Crippen LogP contribution in [-0.4, -0.2) is 36.1 Å². The van der Waals surface area contributed by atoms with Crippen molar-refractivity contribution in [1.82, 2.24) is 10.2 Å². The molecule has 1 fully saturated rings. The lowest BCUT2D eigenvalue weighted by atomic mass is 10.0. The predicted octanol–water partition coefficient (Wildman–Crippen LogP) is 1.47. The third-order valence-electron chi connectivity index (χ3n) is 2.84. The highest BCUT2D eigenvalue weighted by Gasteiger charge is 2.26. The van der Waals surface area contributed by atoms with Gasteiger partial charge in [-0.1, -0.05) is 12.8 Å². The van der Waals surface area contributed by atoms with Crippen LogP contribution in [0.25, 0.3) is 0 Å². The van der Waals surface area contributed by atoms with Gasteiger partial charge in [0.05, 0.1) is 6.04 Å². The summed E-state index contributed by atoms with van der Waals surface area (Å²) in [7, 11) is 0. The van der Waals surface area contributed by atoms with Gasteiger partial charge in [0, 0.05) is 18.6 Å². The van der Waals surface area contributed by atoms with Crippen LogP contribution in [-0.2, 0) is 0 Å². The van der Waals surface area contributed by atoms with Crippen molar-refractivity contribution in [2.45, 2.75) is 45.2 Å². The van der Waals surface area contributed by atoms with E-state index < -0.39 is 0 Å². The maximum Gasteiger partial charge on any atom is 0.0709 e. The minimum Gasteiger partial charge on any atom is -0.310 e. The molecule has 1 atom stereocenters. The molecular formula is C12H22N2. The van der Waals surface area contributed by atoms with E-state index in [2.05, 4.69) is 36.9 Å². The number of hydrogen-bond donors (Lipinski definition) is 1. The monoisotopic (exact) mass is 194 g/mol. The average Bonchev–Trinajstić information content (AvgIpc) is 2.29. The molecule has 1 aliphatic rings. The summed E-state index contributed by atoms with van der Waals surface area (Å²) in [4.78, 5) is 2.43. The van der Waals surface area contributed by atoms with Crippen LogP contribution in [0.3, 0.4) is 0 Å². The smallest absolute Gasteiger partial charge is 0.0709 e. The summed E-state index contributed by atoms with van der Waals surface area (Å²) in [5.41, 5.74) is 0.195. The van der Waals surface area contributed by atoms with E-state index in [9.17, 15) is 0 Å². The van der Waals surface area contributed by atoms with Crippen LogP contribution < -0.4 is 5.32 Å². The molecule has 2 nitrogen and oxygen atoms in total. The van der Waals surface area contributed by atoms with Gasteiger partial charge in [-0.25, -0.2) is 0 Å². The summed E-state index contributed by atoms with van der Waals surface area (Å²) in [6, 6.07) is 0.314. The number of nitrogens with zero attached hydrogens (tertiary/aromatic N) is 1. The zero-order valence-corrected chi connectivity index (χ0v) is 9.64. The molecule has 80 valence electrons. The molecular weight excluding hydrogens is 172 g/mol. The van der Waals surface area contributed by atoms with Crippen molar-refractivity contribution >= 4 is 0 Å². The van der Waals surface area contributed by atoms with Gasteiger partial charge < -0.3 is 5.32 Å². The van der Waals surface area contributed by atoms with E-state index in [4.69, 9.17) is 6.42 Å². The summed E-state index contributed by atoms with van der Waals surface area (Å²) < 4.78 is 0. The highest BCUT2D eigenvalue weighted by molar-refractivity contribution is 5.01. The Balaban J connectivity index is 2.64. The number of hydrogen-bond acceptors (Lipinski definition) is 2. The van der Waals surface area contributed by atoms with E-state index >= 15 is 0 Å². The lowest BCUT2D eigenvalue weighted by Crippen LogP contribution is -2.48. The van der Waals surface area contributed by atoms with E-state index in [1.165, 1.54) is 6.42 Å². The zero-order valence-electron chi connectivity index (χ0n) is 9.64. The topological polar surface area (TPSA) is 15.3 Å². The molecule has 1 aliphatic heterocycles. The minimum absolute atomic E-state index is 0.195. The van der Waals surface area contributed by atoms with E-state index in [0.29, 0.717) is 6.04 Å². The third-order valence-corrected chi connectivity index (χ3v) is 2.84. The quantitative estimate of drug-likeness (QED) is 0.670. The normalized spacial score (nSPS) is 25.0. The summed E-state index contributed by atoms with van der Waals surface area (Å²) in [6.45, 7) is 9.93. The van der Waals surface area contributed by atoms with Crippen molar-refractivity contribution in [3.63, 3.8) is 0 Å². The van der Waals surface area contributed by atoms with Gasteiger partial charge in [-0.2, -0.15) is 0 Å². The van der Waals surface area contributed by atoms with Crippen molar-refractivity contribution in [2.75, 3.05) is 19.6 Å². The third kappa shape index (κ3) is 3.01. The Labute approximate surface area is 88.1 Å². The Hall–Kier alpha value is -0.520. The first-order chi connectivity index (χ1) is 6.59. The molecule has 0 bridgehead atoms. The fraction of sp³-hybridized carbons (Fsp3) is 0.833. The fourth-order valence-corrected chi connectivity index (χ4v) is 2.10. The van der Waals surface area contributed by atoms with Crippen LogP contribution >= 0.6 is 0 Å². The maximum absolute atomic E-state index is 5.54. The van der Waals surface area contributed by atoms with E-state index in [1.807, 2.05) is 0 Å². The molecule has 1 N–H and O–H groups in total. The molecule has 1 saturated heterocycles. The van der Waals surface area contributed by atoms with Crippen LogP contribution in [0.1, 0.15) is 33.6 Å².